The maximum Gasteiger partial charge on any atom is 0.333 e. The van der Waals surface area contributed by atoms with Crippen LogP contribution in [-0.2, 0) is 28.5 Å². The molecule has 0 aliphatic rings. The summed E-state index contributed by atoms with van der Waals surface area (Å²) in [6.07, 6.45) is 0. The highest BCUT2D eigenvalue weighted by Gasteiger charge is 2.17. The summed E-state index contributed by atoms with van der Waals surface area (Å²) >= 11 is 0. The molecule has 3 rings (SSSR count). The second-order valence-corrected chi connectivity index (χ2v) is 8.87. The Morgan fingerprint density at radius 2 is 1.07 bits per heavy atom. The van der Waals surface area contributed by atoms with Crippen molar-refractivity contribution in [3.05, 3.63) is 66.8 Å². The number of hydrogen-bond donors (Lipinski definition) is 0. The van der Waals surface area contributed by atoms with Crippen molar-refractivity contribution in [2.24, 2.45) is 0 Å². The summed E-state index contributed by atoms with van der Waals surface area (Å²) in [6, 6.07) is 13.5. The molecule has 9 heteroatoms. The van der Waals surface area contributed by atoms with Crippen LogP contribution in [0.15, 0.2) is 66.8 Å². The minimum absolute atomic E-state index is 0.143. The Labute approximate surface area is 234 Å². The van der Waals surface area contributed by atoms with Crippen molar-refractivity contribution in [3.63, 3.8) is 0 Å². The van der Waals surface area contributed by atoms with Gasteiger partial charge in [-0.3, -0.25) is 0 Å². The van der Waals surface area contributed by atoms with Gasteiger partial charge in [0.05, 0.1) is 33.5 Å². The van der Waals surface area contributed by atoms with E-state index in [1.165, 1.54) is 0 Å². The Kier molecular flexibility index (Phi) is 11.8. The highest BCUT2D eigenvalue weighted by atomic mass is 16.6. The Hall–Kier alpha value is -4.08. The molecular weight excluding hydrogens is 516 g/mol. The Morgan fingerprint density at radius 1 is 0.625 bits per heavy atom. The fraction of sp³-hybridized carbons (Fsp3) is 0.355. The van der Waals surface area contributed by atoms with Gasteiger partial charge in [-0.2, -0.15) is 0 Å². The number of esters is 2. The lowest BCUT2D eigenvalue weighted by Crippen LogP contribution is -2.14. The van der Waals surface area contributed by atoms with Gasteiger partial charge in [-0.05, 0) is 32.0 Å². The second kappa shape index (κ2) is 15.5. The van der Waals surface area contributed by atoms with Crippen LogP contribution in [0.2, 0.25) is 0 Å². The smallest absolute Gasteiger partial charge is 0.333 e. The fourth-order valence-corrected chi connectivity index (χ4v) is 3.76. The zero-order valence-electron chi connectivity index (χ0n) is 23.3. The van der Waals surface area contributed by atoms with Gasteiger partial charge in [-0.15, -0.1) is 0 Å². The van der Waals surface area contributed by atoms with Crippen molar-refractivity contribution in [1.82, 2.24) is 0 Å². The predicted molar refractivity (Wildman–Crippen MR) is 152 cm³/mol. The van der Waals surface area contributed by atoms with E-state index in [0.29, 0.717) is 48.2 Å². The van der Waals surface area contributed by atoms with Crippen LogP contribution >= 0.6 is 0 Å². The number of hydrogen-bond acceptors (Lipinski definition) is 9. The number of fused-ring (bicyclic) bond motifs is 2. The first-order chi connectivity index (χ1) is 19.3. The van der Waals surface area contributed by atoms with Gasteiger partial charge in [0.15, 0.2) is 0 Å². The monoisotopic (exact) mass is 552 g/mol. The van der Waals surface area contributed by atoms with E-state index < -0.39 is 11.9 Å². The number of methoxy groups -OCH3 is 1. The predicted octanol–water partition coefficient (Wildman–Crippen LogP) is 5.03. The maximum atomic E-state index is 11.5. The van der Waals surface area contributed by atoms with Crippen molar-refractivity contribution in [2.75, 3.05) is 60.0 Å². The molecule has 0 fully saturated rings. The molecule has 0 aliphatic heterocycles. The van der Waals surface area contributed by atoms with Crippen molar-refractivity contribution in [3.8, 4) is 17.2 Å². The van der Waals surface area contributed by atoms with Gasteiger partial charge in [-0.25, -0.2) is 9.59 Å². The van der Waals surface area contributed by atoms with Crippen LogP contribution in [-0.4, -0.2) is 71.9 Å². The molecule has 0 unspecified atom stereocenters. The topological polar surface area (TPSA) is 98.8 Å². The van der Waals surface area contributed by atoms with Crippen molar-refractivity contribution >= 4 is 33.5 Å². The zero-order chi connectivity index (χ0) is 28.9. The van der Waals surface area contributed by atoms with Crippen LogP contribution in [0.4, 0.5) is 0 Å². The third-order valence-corrected chi connectivity index (χ3v) is 5.70. The van der Waals surface area contributed by atoms with Crippen LogP contribution in [0.3, 0.4) is 0 Å². The van der Waals surface area contributed by atoms with E-state index in [9.17, 15) is 9.59 Å². The highest BCUT2D eigenvalue weighted by Crippen LogP contribution is 2.43. The average Bonchev–Trinajstić information content (AvgIpc) is 2.95. The molecule has 3 aromatic carbocycles. The Morgan fingerprint density at radius 3 is 1.55 bits per heavy atom. The lowest BCUT2D eigenvalue weighted by atomic mass is 10.00. The van der Waals surface area contributed by atoms with E-state index in [1.54, 1.807) is 21.0 Å². The molecule has 214 valence electrons. The van der Waals surface area contributed by atoms with Crippen LogP contribution in [0.1, 0.15) is 13.8 Å². The molecule has 9 nitrogen and oxygen atoms in total. The fourth-order valence-electron chi connectivity index (χ4n) is 3.76. The molecule has 0 radical (unpaired) electrons. The van der Waals surface area contributed by atoms with Crippen LogP contribution in [0.25, 0.3) is 21.5 Å². The van der Waals surface area contributed by atoms with E-state index in [-0.39, 0.29) is 33.0 Å². The molecule has 0 aliphatic carbocycles. The molecule has 40 heavy (non-hydrogen) atoms. The molecule has 0 saturated carbocycles. The summed E-state index contributed by atoms with van der Waals surface area (Å²) in [5.41, 5.74) is 0.694. The largest absolute Gasteiger partial charge is 0.497 e. The summed E-state index contributed by atoms with van der Waals surface area (Å²) in [5.74, 6) is 1.19. The van der Waals surface area contributed by atoms with Crippen LogP contribution in [0, 0.1) is 0 Å². The SMILES string of the molecule is C=C(C)C(=O)OCCOCCOc1c2ccccc2c(OCCOCCOC(=O)C(=C)C)c2cc(OC)ccc12. The molecule has 0 aromatic heterocycles. The molecule has 0 N–H and O–H groups in total. The lowest BCUT2D eigenvalue weighted by Gasteiger charge is -2.18. The summed E-state index contributed by atoms with van der Waals surface area (Å²) in [6.45, 7) is 12.3. The molecule has 0 spiro atoms. The van der Waals surface area contributed by atoms with E-state index in [0.717, 1.165) is 21.5 Å². The average molecular weight is 553 g/mol. The van der Waals surface area contributed by atoms with Gasteiger partial charge in [-0.1, -0.05) is 37.4 Å². The van der Waals surface area contributed by atoms with Crippen LogP contribution in [0.5, 0.6) is 17.2 Å². The van der Waals surface area contributed by atoms with E-state index >= 15 is 0 Å². The van der Waals surface area contributed by atoms with E-state index in [4.69, 9.17) is 33.2 Å². The van der Waals surface area contributed by atoms with Gasteiger partial charge in [0.2, 0.25) is 0 Å². The number of benzene rings is 3. The van der Waals surface area contributed by atoms with Crippen LogP contribution < -0.4 is 14.2 Å². The molecule has 0 heterocycles. The summed E-state index contributed by atoms with van der Waals surface area (Å²) < 4.78 is 39.1. The van der Waals surface area contributed by atoms with Gasteiger partial charge < -0.3 is 33.2 Å². The second-order valence-electron chi connectivity index (χ2n) is 8.87. The third kappa shape index (κ3) is 8.46. The first-order valence-electron chi connectivity index (χ1n) is 12.9. The molecule has 0 saturated heterocycles. The highest BCUT2D eigenvalue weighted by molar-refractivity contribution is 6.11. The van der Waals surface area contributed by atoms with E-state index in [1.807, 2.05) is 42.5 Å². The van der Waals surface area contributed by atoms with Crippen molar-refractivity contribution in [1.29, 1.82) is 0 Å². The number of ether oxygens (including phenoxy) is 7. The molecular formula is C31H36O9. The van der Waals surface area contributed by atoms with Gasteiger partial charge in [0, 0.05) is 32.7 Å². The summed E-state index contributed by atoms with van der Waals surface area (Å²) in [5, 5.41) is 3.45. The summed E-state index contributed by atoms with van der Waals surface area (Å²) in [7, 11) is 1.61. The normalized spacial score (nSPS) is 10.8. The minimum Gasteiger partial charge on any atom is -0.497 e. The first kappa shape index (κ1) is 30.5. The van der Waals surface area contributed by atoms with E-state index in [2.05, 4.69) is 13.2 Å². The molecule has 3 aromatic rings. The Bertz CT molecular complexity index is 1350. The minimum atomic E-state index is -0.440. The summed E-state index contributed by atoms with van der Waals surface area (Å²) in [4.78, 5) is 22.9. The standard InChI is InChI=1S/C31H36O9/c1-21(2)30(32)39-18-14-35-12-16-37-28-24-8-6-7-9-25(24)29(27-20-23(34-5)10-11-26(27)28)38-17-13-36-15-19-40-31(33)22(3)4/h6-11,20H,1,3,12-19H2,2,4-5H3. The molecule has 0 amide bonds. The molecule has 0 atom stereocenters. The maximum absolute atomic E-state index is 11.5. The van der Waals surface area contributed by atoms with Gasteiger partial charge in [0.1, 0.15) is 43.7 Å². The quantitative estimate of drug-likeness (QED) is 0.0988. The Balaban J connectivity index is 1.68. The van der Waals surface area contributed by atoms with Crippen molar-refractivity contribution < 1.29 is 42.7 Å². The number of carbonyl (C=O) groups is 2. The third-order valence-electron chi connectivity index (χ3n) is 5.70. The van der Waals surface area contributed by atoms with Gasteiger partial charge in [0.25, 0.3) is 0 Å². The first-order valence-corrected chi connectivity index (χ1v) is 12.9. The number of carbonyl (C=O) groups excluding carboxylic acids is 2. The molecule has 0 bridgehead atoms. The zero-order valence-corrected chi connectivity index (χ0v) is 23.3. The van der Waals surface area contributed by atoms with Crippen molar-refractivity contribution in [2.45, 2.75) is 13.8 Å². The van der Waals surface area contributed by atoms with Gasteiger partial charge >= 0.3 is 11.9 Å². The lowest BCUT2D eigenvalue weighted by molar-refractivity contribution is -0.141. The number of rotatable bonds is 17.